The number of rotatable bonds is 5. The van der Waals surface area contributed by atoms with Gasteiger partial charge in [0.2, 0.25) is 0 Å². The molecule has 0 radical (unpaired) electrons. The lowest BCUT2D eigenvalue weighted by Gasteiger charge is -2.36. The van der Waals surface area contributed by atoms with E-state index in [0.717, 1.165) is 11.1 Å². The number of hydrogen-bond donors (Lipinski definition) is 0. The van der Waals surface area contributed by atoms with E-state index in [0.29, 0.717) is 25.9 Å². The third kappa shape index (κ3) is 4.33. The Hall–Kier alpha value is -2.32. The maximum atomic E-state index is 13.1. The van der Waals surface area contributed by atoms with Crippen molar-refractivity contribution < 1.29 is 13.2 Å². The van der Waals surface area contributed by atoms with E-state index in [1.807, 2.05) is 65.6 Å². The van der Waals surface area contributed by atoms with Crippen molar-refractivity contribution in [3.8, 4) is 6.07 Å². The Morgan fingerprint density at radius 2 is 1.52 bits per heavy atom. The van der Waals surface area contributed by atoms with Crippen LogP contribution in [0.1, 0.15) is 30.4 Å². The molecule has 2 aromatic carbocycles. The second kappa shape index (κ2) is 8.14. The molecule has 0 aliphatic carbocycles. The SMILES string of the molecule is N#CC(CCN1CCCC(C(F)(F)F)C1)(c1ccccc1)c1ccccc1. The number of nitriles is 1. The molecule has 1 saturated heterocycles. The van der Waals surface area contributed by atoms with Crippen molar-refractivity contribution in [2.24, 2.45) is 5.92 Å². The van der Waals surface area contributed by atoms with Gasteiger partial charge in [-0.05, 0) is 36.9 Å². The lowest BCUT2D eigenvalue weighted by Crippen LogP contribution is -2.43. The van der Waals surface area contributed by atoms with E-state index >= 15 is 0 Å². The zero-order valence-electron chi connectivity index (χ0n) is 15.1. The Bertz CT molecular complexity index is 726. The molecule has 3 rings (SSSR count). The molecule has 1 heterocycles. The van der Waals surface area contributed by atoms with Crippen molar-refractivity contribution in [2.75, 3.05) is 19.6 Å². The fourth-order valence-corrected chi connectivity index (χ4v) is 3.94. The molecule has 1 unspecified atom stereocenters. The standard InChI is InChI=1S/C22H23F3N2/c23-22(24,25)20-12-7-14-27(16-20)15-13-21(17-26,18-8-3-1-4-9-18)19-10-5-2-6-11-19/h1-6,8-11,20H,7,12-16H2. The normalized spacial score (nSPS) is 18.8. The van der Waals surface area contributed by atoms with Gasteiger partial charge in [-0.15, -0.1) is 0 Å². The number of piperidine rings is 1. The minimum atomic E-state index is -4.15. The summed E-state index contributed by atoms with van der Waals surface area (Å²) in [6.45, 7) is 1.14. The average Bonchev–Trinajstić information content (AvgIpc) is 2.70. The highest BCUT2D eigenvalue weighted by Gasteiger charge is 2.42. The van der Waals surface area contributed by atoms with E-state index in [2.05, 4.69) is 6.07 Å². The first-order valence-corrected chi connectivity index (χ1v) is 9.27. The summed E-state index contributed by atoms with van der Waals surface area (Å²) >= 11 is 0. The minimum absolute atomic E-state index is 0.0224. The molecule has 0 spiro atoms. The third-order valence-electron chi connectivity index (χ3n) is 5.50. The van der Waals surface area contributed by atoms with Gasteiger partial charge in [-0.2, -0.15) is 18.4 Å². The number of likely N-dealkylation sites (tertiary alicyclic amines) is 1. The summed E-state index contributed by atoms with van der Waals surface area (Å²) in [5, 5.41) is 10.1. The number of halogens is 3. The number of benzene rings is 2. The molecule has 0 bridgehead atoms. The monoisotopic (exact) mass is 372 g/mol. The molecule has 5 heteroatoms. The van der Waals surface area contributed by atoms with Crippen LogP contribution in [0, 0.1) is 17.2 Å². The molecule has 0 aromatic heterocycles. The molecule has 1 atom stereocenters. The van der Waals surface area contributed by atoms with Crippen LogP contribution in [0.4, 0.5) is 13.2 Å². The van der Waals surface area contributed by atoms with Crippen molar-refractivity contribution in [3.05, 3.63) is 71.8 Å². The van der Waals surface area contributed by atoms with Gasteiger partial charge in [0, 0.05) is 13.1 Å². The largest absolute Gasteiger partial charge is 0.393 e. The first-order valence-electron chi connectivity index (χ1n) is 9.27. The summed E-state index contributed by atoms with van der Waals surface area (Å²) in [6.07, 6.45) is -2.95. The fraction of sp³-hybridized carbons (Fsp3) is 0.409. The van der Waals surface area contributed by atoms with Crippen LogP contribution in [-0.4, -0.2) is 30.7 Å². The van der Waals surface area contributed by atoms with Crippen molar-refractivity contribution in [1.29, 1.82) is 5.26 Å². The van der Waals surface area contributed by atoms with Gasteiger partial charge in [0.05, 0.1) is 12.0 Å². The molecule has 2 aromatic rings. The molecule has 0 amide bonds. The fourth-order valence-electron chi connectivity index (χ4n) is 3.94. The van der Waals surface area contributed by atoms with Crippen LogP contribution in [0.15, 0.2) is 60.7 Å². The van der Waals surface area contributed by atoms with E-state index < -0.39 is 17.5 Å². The summed E-state index contributed by atoms with van der Waals surface area (Å²) in [5.41, 5.74) is 0.888. The lowest BCUT2D eigenvalue weighted by atomic mass is 9.73. The van der Waals surface area contributed by atoms with Gasteiger partial charge in [-0.25, -0.2) is 0 Å². The van der Waals surface area contributed by atoms with Crippen molar-refractivity contribution in [3.63, 3.8) is 0 Å². The maximum Gasteiger partial charge on any atom is 0.393 e. The van der Waals surface area contributed by atoms with E-state index in [1.54, 1.807) is 0 Å². The van der Waals surface area contributed by atoms with Crippen LogP contribution < -0.4 is 0 Å². The van der Waals surface area contributed by atoms with Crippen LogP contribution in [0.25, 0.3) is 0 Å². The molecule has 1 aliphatic rings. The minimum Gasteiger partial charge on any atom is -0.303 e. The van der Waals surface area contributed by atoms with Crippen LogP contribution >= 0.6 is 0 Å². The zero-order valence-corrected chi connectivity index (χ0v) is 15.1. The van der Waals surface area contributed by atoms with Crippen molar-refractivity contribution in [1.82, 2.24) is 4.90 Å². The summed E-state index contributed by atoms with van der Waals surface area (Å²) in [7, 11) is 0. The van der Waals surface area contributed by atoms with Gasteiger partial charge in [-0.3, -0.25) is 0 Å². The number of alkyl halides is 3. The number of hydrogen-bond acceptors (Lipinski definition) is 2. The van der Waals surface area contributed by atoms with Crippen molar-refractivity contribution >= 4 is 0 Å². The molecule has 2 nitrogen and oxygen atoms in total. The summed E-state index contributed by atoms with van der Waals surface area (Å²) in [6, 6.07) is 21.5. The zero-order chi connectivity index (χ0) is 19.3. The molecule has 27 heavy (non-hydrogen) atoms. The lowest BCUT2D eigenvalue weighted by molar-refractivity contribution is -0.186. The Morgan fingerprint density at radius 1 is 0.963 bits per heavy atom. The van der Waals surface area contributed by atoms with Gasteiger partial charge in [0.25, 0.3) is 0 Å². The quantitative estimate of drug-likeness (QED) is 0.725. The van der Waals surface area contributed by atoms with Gasteiger partial charge in [-0.1, -0.05) is 60.7 Å². The average molecular weight is 372 g/mol. The third-order valence-corrected chi connectivity index (χ3v) is 5.50. The van der Waals surface area contributed by atoms with Crippen LogP contribution in [0.2, 0.25) is 0 Å². The first kappa shape index (κ1) is 19.4. The van der Waals surface area contributed by atoms with E-state index in [-0.39, 0.29) is 13.0 Å². The van der Waals surface area contributed by atoms with Gasteiger partial charge >= 0.3 is 6.18 Å². The highest BCUT2D eigenvalue weighted by Crippen LogP contribution is 2.37. The van der Waals surface area contributed by atoms with E-state index in [9.17, 15) is 18.4 Å². The van der Waals surface area contributed by atoms with Gasteiger partial charge in [0.1, 0.15) is 5.41 Å². The topological polar surface area (TPSA) is 27.0 Å². The smallest absolute Gasteiger partial charge is 0.303 e. The van der Waals surface area contributed by atoms with E-state index in [1.165, 1.54) is 0 Å². The second-order valence-corrected chi connectivity index (χ2v) is 7.18. The summed E-state index contributed by atoms with van der Waals surface area (Å²) < 4.78 is 39.3. The highest BCUT2D eigenvalue weighted by molar-refractivity contribution is 5.45. The molecule has 0 saturated carbocycles. The van der Waals surface area contributed by atoms with Gasteiger partial charge in [0.15, 0.2) is 0 Å². The Balaban J connectivity index is 1.84. The molecular weight excluding hydrogens is 349 g/mol. The first-order chi connectivity index (χ1) is 13.0. The predicted octanol–water partition coefficient (Wildman–Crippen LogP) is 5.16. The predicted molar refractivity (Wildman–Crippen MR) is 99.1 cm³/mol. The Morgan fingerprint density at radius 3 is 2.00 bits per heavy atom. The van der Waals surface area contributed by atoms with Crippen LogP contribution in [-0.2, 0) is 5.41 Å². The van der Waals surface area contributed by atoms with Crippen LogP contribution in [0.3, 0.4) is 0 Å². The van der Waals surface area contributed by atoms with Crippen molar-refractivity contribution in [2.45, 2.75) is 30.9 Å². The number of nitrogens with zero attached hydrogens (tertiary/aromatic N) is 2. The maximum absolute atomic E-state index is 13.1. The molecule has 1 fully saturated rings. The van der Waals surface area contributed by atoms with E-state index in [4.69, 9.17) is 0 Å². The Labute approximate surface area is 158 Å². The molecule has 142 valence electrons. The summed E-state index contributed by atoms with van der Waals surface area (Å²) in [5.74, 6) is -1.27. The molecular formula is C22H23F3N2. The summed E-state index contributed by atoms with van der Waals surface area (Å²) in [4.78, 5) is 1.86. The molecule has 0 N–H and O–H groups in total. The molecule has 1 aliphatic heterocycles. The second-order valence-electron chi connectivity index (χ2n) is 7.18. The Kier molecular flexibility index (Phi) is 5.86. The van der Waals surface area contributed by atoms with Gasteiger partial charge < -0.3 is 4.90 Å². The highest BCUT2D eigenvalue weighted by atomic mass is 19.4. The van der Waals surface area contributed by atoms with Crippen LogP contribution in [0.5, 0.6) is 0 Å².